The summed E-state index contributed by atoms with van der Waals surface area (Å²) in [6.07, 6.45) is 0.816. The summed E-state index contributed by atoms with van der Waals surface area (Å²) in [5.74, 6) is -0.903. The van der Waals surface area contributed by atoms with E-state index in [1.165, 1.54) is 12.1 Å². The second-order valence-electron chi connectivity index (χ2n) is 5.60. The minimum atomic E-state index is -0.868. The predicted octanol–water partition coefficient (Wildman–Crippen LogP) is 3.00. The molecule has 1 N–H and O–H groups in total. The lowest BCUT2D eigenvalue weighted by molar-refractivity contribution is -0.135. The molecule has 4 heteroatoms. The molecular weight excluding hydrogens is 233 g/mol. The van der Waals surface area contributed by atoms with Gasteiger partial charge in [0.05, 0.1) is 0 Å². The Morgan fingerprint density at radius 3 is 2.83 bits per heavy atom. The van der Waals surface area contributed by atoms with Crippen LogP contribution >= 0.6 is 0 Å². The van der Waals surface area contributed by atoms with E-state index in [0.717, 1.165) is 17.7 Å². The quantitative estimate of drug-likeness (QED) is 0.878. The summed E-state index contributed by atoms with van der Waals surface area (Å²) in [5, 5.41) is 9.03. The van der Waals surface area contributed by atoms with Crippen LogP contribution in [0.5, 0.6) is 0 Å². The van der Waals surface area contributed by atoms with Crippen LogP contribution in [0.3, 0.4) is 0 Å². The zero-order valence-electron chi connectivity index (χ0n) is 10.9. The molecule has 1 aromatic rings. The number of carboxylic acids is 1. The monoisotopic (exact) mass is 251 g/mol. The summed E-state index contributed by atoms with van der Waals surface area (Å²) in [4.78, 5) is 12.8. The topological polar surface area (TPSA) is 40.5 Å². The number of hydrogen-bond donors (Lipinski definition) is 1. The molecule has 0 saturated heterocycles. The van der Waals surface area contributed by atoms with Gasteiger partial charge in [0.25, 0.3) is 0 Å². The molecule has 98 valence electrons. The number of hydrogen-bond acceptors (Lipinski definition) is 2. The van der Waals surface area contributed by atoms with Crippen LogP contribution in [0.1, 0.15) is 38.7 Å². The van der Waals surface area contributed by atoms with Gasteiger partial charge in [-0.05, 0) is 49.9 Å². The molecular formula is C14H18FNO2. The van der Waals surface area contributed by atoms with E-state index in [-0.39, 0.29) is 23.8 Å². The lowest BCUT2D eigenvalue weighted by Crippen LogP contribution is -2.50. The summed E-state index contributed by atoms with van der Waals surface area (Å²) in [6, 6.07) is 4.59. The fraction of sp³-hybridized carbons (Fsp3) is 0.500. The number of anilines is 1. The second-order valence-corrected chi connectivity index (χ2v) is 5.60. The van der Waals surface area contributed by atoms with E-state index in [0.29, 0.717) is 0 Å². The Balaban J connectivity index is 2.51. The third kappa shape index (κ3) is 2.19. The molecule has 18 heavy (non-hydrogen) atoms. The minimum absolute atomic E-state index is 0.0572. The molecule has 0 fully saturated rings. The molecule has 1 heterocycles. The van der Waals surface area contributed by atoms with Crippen molar-refractivity contribution in [2.24, 2.45) is 0 Å². The van der Waals surface area contributed by atoms with Crippen LogP contribution in [0.25, 0.3) is 0 Å². The maximum absolute atomic E-state index is 13.3. The number of halogens is 1. The zero-order valence-corrected chi connectivity index (χ0v) is 10.9. The van der Waals surface area contributed by atoms with Crippen molar-refractivity contribution in [2.45, 2.75) is 38.6 Å². The first-order chi connectivity index (χ1) is 8.31. The normalized spacial score (nSPS) is 21.6. The lowest BCUT2D eigenvalue weighted by atomic mass is 9.80. The number of aliphatic carboxylic acids is 1. The molecule has 1 aromatic carbocycles. The minimum Gasteiger partial charge on any atom is -0.480 e. The largest absolute Gasteiger partial charge is 0.480 e. The summed E-state index contributed by atoms with van der Waals surface area (Å²) in [7, 11) is 0. The van der Waals surface area contributed by atoms with Crippen LogP contribution in [-0.4, -0.2) is 23.2 Å². The van der Waals surface area contributed by atoms with Gasteiger partial charge in [0.15, 0.2) is 0 Å². The highest BCUT2D eigenvalue weighted by Gasteiger charge is 2.37. The molecule has 0 amide bonds. The molecule has 1 aliphatic rings. The molecule has 0 bridgehead atoms. The average Bonchev–Trinajstić information content (AvgIpc) is 2.23. The fourth-order valence-electron chi connectivity index (χ4n) is 2.90. The summed E-state index contributed by atoms with van der Waals surface area (Å²) >= 11 is 0. The van der Waals surface area contributed by atoms with Crippen LogP contribution in [-0.2, 0) is 4.79 Å². The third-order valence-electron chi connectivity index (χ3n) is 3.64. The first kappa shape index (κ1) is 12.9. The van der Waals surface area contributed by atoms with Gasteiger partial charge in [0.1, 0.15) is 12.4 Å². The van der Waals surface area contributed by atoms with Crippen molar-refractivity contribution < 1.29 is 14.3 Å². The van der Waals surface area contributed by atoms with Gasteiger partial charge in [-0.1, -0.05) is 6.92 Å². The highest BCUT2D eigenvalue weighted by Crippen LogP contribution is 2.43. The van der Waals surface area contributed by atoms with E-state index in [1.54, 1.807) is 6.07 Å². The number of nitrogens with zero attached hydrogens (tertiary/aromatic N) is 1. The smallest absolute Gasteiger partial charge is 0.323 e. The van der Waals surface area contributed by atoms with E-state index in [1.807, 2.05) is 18.7 Å². The van der Waals surface area contributed by atoms with Gasteiger partial charge in [-0.2, -0.15) is 0 Å². The van der Waals surface area contributed by atoms with Gasteiger partial charge in [0.2, 0.25) is 0 Å². The second kappa shape index (κ2) is 4.26. The number of rotatable bonds is 2. The Morgan fingerprint density at radius 1 is 1.56 bits per heavy atom. The van der Waals surface area contributed by atoms with Crippen LogP contribution in [0.2, 0.25) is 0 Å². The molecule has 0 aromatic heterocycles. The molecule has 0 unspecified atom stereocenters. The molecule has 1 atom stereocenters. The van der Waals surface area contributed by atoms with E-state index >= 15 is 0 Å². The maximum Gasteiger partial charge on any atom is 0.323 e. The van der Waals surface area contributed by atoms with Crippen LogP contribution in [0, 0.1) is 5.82 Å². The van der Waals surface area contributed by atoms with Crippen LogP contribution in [0.15, 0.2) is 18.2 Å². The standard InChI is InChI=1S/C14H18FNO2/c1-9-7-14(2,3)16(8-13(17)18)12-5-4-10(15)6-11(9)12/h4-6,9H,7-8H2,1-3H3,(H,17,18)/t9-/m1/s1. The Kier molecular flexibility index (Phi) is 3.05. The van der Waals surface area contributed by atoms with Crippen molar-refractivity contribution in [2.75, 3.05) is 11.4 Å². The van der Waals surface area contributed by atoms with Crippen molar-refractivity contribution in [3.63, 3.8) is 0 Å². The van der Waals surface area contributed by atoms with Crippen molar-refractivity contribution in [3.8, 4) is 0 Å². The first-order valence-corrected chi connectivity index (χ1v) is 6.10. The van der Waals surface area contributed by atoms with Gasteiger partial charge in [0, 0.05) is 11.2 Å². The Bertz CT molecular complexity index is 485. The van der Waals surface area contributed by atoms with Crippen molar-refractivity contribution in [3.05, 3.63) is 29.6 Å². The Labute approximate surface area is 106 Å². The van der Waals surface area contributed by atoms with Gasteiger partial charge < -0.3 is 10.0 Å². The van der Waals surface area contributed by atoms with Crippen molar-refractivity contribution in [1.82, 2.24) is 0 Å². The van der Waals surface area contributed by atoms with Crippen LogP contribution < -0.4 is 4.90 Å². The highest BCUT2D eigenvalue weighted by molar-refractivity contribution is 5.76. The van der Waals surface area contributed by atoms with Crippen LogP contribution in [0.4, 0.5) is 10.1 Å². The Hall–Kier alpha value is -1.58. The zero-order chi connectivity index (χ0) is 13.5. The number of benzene rings is 1. The molecule has 0 radical (unpaired) electrons. The summed E-state index contributed by atoms with van der Waals surface area (Å²) in [6.45, 7) is 6.05. The molecule has 0 spiro atoms. The van der Waals surface area contributed by atoms with Gasteiger partial charge in [-0.25, -0.2) is 4.39 Å². The molecule has 3 nitrogen and oxygen atoms in total. The number of fused-ring (bicyclic) bond motifs is 1. The predicted molar refractivity (Wildman–Crippen MR) is 68.5 cm³/mol. The molecule has 0 aliphatic carbocycles. The van der Waals surface area contributed by atoms with E-state index < -0.39 is 5.97 Å². The summed E-state index contributed by atoms with van der Waals surface area (Å²) in [5.41, 5.74) is 1.50. The lowest BCUT2D eigenvalue weighted by Gasteiger charge is -2.46. The maximum atomic E-state index is 13.3. The van der Waals surface area contributed by atoms with E-state index in [2.05, 4.69) is 6.92 Å². The molecule has 1 aliphatic heterocycles. The summed E-state index contributed by atoms with van der Waals surface area (Å²) < 4.78 is 13.3. The first-order valence-electron chi connectivity index (χ1n) is 6.10. The highest BCUT2D eigenvalue weighted by atomic mass is 19.1. The number of carbonyl (C=O) groups is 1. The van der Waals surface area contributed by atoms with E-state index in [9.17, 15) is 9.18 Å². The van der Waals surface area contributed by atoms with Gasteiger partial charge >= 0.3 is 5.97 Å². The SMILES string of the molecule is C[C@@H]1CC(C)(C)N(CC(=O)O)c2ccc(F)cc21. The molecule has 2 rings (SSSR count). The fourth-order valence-corrected chi connectivity index (χ4v) is 2.90. The number of carboxylic acid groups (broad SMARTS) is 1. The average molecular weight is 251 g/mol. The van der Waals surface area contributed by atoms with Crippen molar-refractivity contribution >= 4 is 11.7 Å². The van der Waals surface area contributed by atoms with Crippen molar-refractivity contribution in [1.29, 1.82) is 0 Å². The van der Waals surface area contributed by atoms with Gasteiger partial charge in [-0.3, -0.25) is 4.79 Å². The van der Waals surface area contributed by atoms with Gasteiger partial charge in [-0.15, -0.1) is 0 Å². The third-order valence-corrected chi connectivity index (χ3v) is 3.64. The Morgan fingerprint density at radius 2 is 2.22 bits per heavy atom. The van der Waals surface area contributed by atoms with E-state index in [4.69, 9.17) is 5.11 Å². The molecule has 0 saturated carbocycles.